The van der Waals surface area contributed by atoms with Gasteiger partial charge in [-0.25, -0.2) is 4.98 Å². The van der Waals surface area contributed by atoms with Crippen molar-refractivity contribution < 1.29 is 9.47 Å². The summed E-state index contributed by atoms with van der Waals surface area (Å²) in [6.07, 6.45) is 0. The third-order valence-corrected chi connectivity index (χ3v) is 3.37. The summed E-state index contributed by atoms with van der Waals surface area (Å²) in [6.45, 7) is 0.559. The van der Waals surface area contributed by atoms with E-state index in [9.17, 15) is 0 Å². The van der Waals surface area contributed by atoms with E-state index in [1.165, 1.54) is 0 Å². The summed E-state index contributed by atoms with van der Waals surface area (Å²) in [5, 5.41) is 0. The summed E-state index contributed by atoms with van der Waals surface area (Å²) in [5.74, 6) is 1.15. The van der Waals surface area contributed by atoms with Crippen LogP contribution in [0.15, 0.2) is 42.5 Å². The number of hydrogen-bond acceptors (Lipinski definition) is 4. The number of ether oxygens (including phenoxy) is 2. The Morgan fingerprint density at radius 1 is 1.14 bits per heavy atom. The maximum Gasteiger partial charge on any atom is 0.206 e. The first-order chi connectivity index (χ1) is 10.2. The molecule has 21 heavy (non-hydrogen) atoms. The number of aromatic nitrogens is 2. The van der Waals surface area contributed by atoms with Crippen LogP contribution in [-0.4, -0.2) is 23.8 Å². The largest absolute Gasteiger partial charge is 0.494 e. The molecule has 0 aliphatic heterocycles. The Morgan fingerprint density at radius 3 is 2.71 bits per heavy atom. The van der Waals surface area contributed by atoms with Crippen molar-refractivity contribution in [2.24, 2.45) is 0 Å². The number of methoxy groups -OCH3 is 2. The molecule has 0 bridgehead atoms. The van der Waals surface area contributed by atoms with E-state index in [-0.39, 0.29) is 0 Å². The summed E-state index contributed by atoms with van der Waals surface area (Å²) < 4.78 is 12.4. The molecule has 1 aromatic heterocycles. The maximum atomic E-state index is 6.10. The highest BCUT2D eigenvalue weighted by molar-refractivity contribution is 5.86. The number of fused-ring (bicyclic) bond motifs is 1. The molecule has 2 aromatic carbocycles. The number of anilines is 1. The van der Waals surface area contributed by atoms with Crippen LogP contribution < -0.4 is 10.5 Å². The van der Waals surface area contributed by atoms with E-state index >= 15 is 0 Å². The summed E-state index contributed by atoms with van der Waals surface area (Å²) >= 11 is 0. The van der Waals surface area contributed by atoms with Crippen molar-refractivity contribution in [1.82, 2.24) is 9.55 Å². The van der Waals surface area contributed by atoms with Gasteiger partial charge in [-0.2, -0.15) is 0 Å². The summed E-state index contributed by atoms with van der Waals surface area (Å²) in [6, 6.07) is 13.8. The summed E-state index contributed by atoms with van der Waals surface area (Å²) in [4.78, 5) is 4.42. The fraction of sp³-hybridized carbons (Fsp3) is 0.188. The van der Waals surface area contributed by atoms with Gasteiger partial charge in [0.05, 0.1) is 19.2 Å². The average Bonchev–Trinajstić information content (AvgIpc) is 2.83. The summed E-state index contributed by atoms with van der Waals surface area (Å²) in [5.41, 5.74) is 9.81. The van der Waals surface area contributed by atoms with Gasteiger partial charge in [0.1, 0.15) is 11.3 Å². The number of imidazole rings is 1. The molecule has 0 amide bonds. The van der Waals surface area contributed by atoms with Gasteiger partial charge in [-0.15, -0.1) is 0 Å². The lowest BCUT2D eigenvalue weighted by Crippen LogP contribution is -2.01. The molecular formula is C16H17N3O2. The Balaban J connectivity index is 2.20. The Kier molecular flexibility index (Phi) is 3.50. The Hall–Kier alpha value is -2.53. The molecule has 0 radical (unpaired) electrons. The Labute approximate surface area is 122 Å². The molecule has 0 unspecified atom stereocenters. The van der Waals surface area contributed by atoms with Crippen molar-refractivity contribution in [2.75, 3.05) is 20.0 Å². The lowest BCUT2D eigenvalue weighted by atomic mass is 10.2. The molecule has 3 aromatic rings. The normalized spacial score (nSPS) is 11.0. The third-order valence-electron chi connectivity index (χ3n) is 3.37. The van der Waals surface area contributed by atoms with Crippen LogP contribution in [0.5, 0.6) is 5.75 Å². The minimum Gasteiger partial charge on any atom is -0.494 e. The molecule has 3 rings (SSSR count). The fourth-order valence-corrected chi connectivity index (χ4v) is 2.48. The van der Waals surface area contributed by atoms with Crippen molar-refractivity contribution >= 4 is 17.0 Å². The van der Waals surface area contributed by atoms with Gasteiger partial charge in [-0.1, -0.05) is 18.2 Å². The molecule has 1 heterocycles. The number of hydrogen-bond donors (Lipinski definition) is 1. The second-order valence-electron chi connectivity index (χ2n) is 4.74. The molecule has 0 aliphatic carbocycles. The number of nitrogens with two attached hydrogens (primary N) is 1. The van der Waals surface area contributed by atoms with E-state index in [4.69, 9.17) is 15.2 Å². The highest BCUT2D eigenvalue weighted by Crippen LogP contribution is 2.29. The number of para-hydroxylation sites is 1. The zero-order valence-corrected chi connectivity index (χ0v) is 12.0. The van der Waals surface area contributed by atoms with Crippen molar-refractivity contribution in [3.63, 3.8) is 0 Å². The lowest BCUT2D eigenvalue weighted by molar-refractivity contribution is 0.185. The lowest BCUT2D eigenvalue weighted by Gasteiger charge is -2.09. The predicted octanol–water partition coefficient (Wildman–Crippen LogP) is 2.76. The number of benzene rings is 2. The minimum absolute atomic E-state index is 0.434. The third kappa shape index (κ3) is 2.32. The van der Waals surface area contributed by atoms with Crippen LogP contribution in [0, 0.1) is 0 Å². The predicted molar refractivity (Wildman–Crippen MR) is 82.7 cm³/mol. The van der Waals surface area contributed by atoms with Gasteiger partial charge in [-0.3, -0.25) is 4.57 Å². The van der Waals surface area contributed by atoms with E-state index in [0.29, 0.717) is 18.3 Å². The molecule has 0 atom stereocenters. The second-order valence-corrected chi connectivity index (χ2v) is 4.74. The van der Waals surface area contributed by atoms with E-state index < -0.39 is 0 Å². The van der Waals surface area contributed by atoms with Crippen LogP contribution in [0.4, 0.5) is 5.95 Å². The van der Waals surface area contributed by atoms with E-state index in [1.807, 2.05) is 47.0 Å². The van der Waals surface area contributed by atoms with Crippen LogP contribution >= 0.6 is 0 Å². The zero-order valence-electron chi connectivity index (χ0n) is 12.0. The molecular weight excluding hydrogens is 266 g/mol. The molecule has 0 fully saturated rings. The SMILES string of the molecule is COCc1cccc(-n2c(N)nc3c(OC)cccc32)c1. The molecule has 0 saturated heterocycles. The molecule has 5 nitrogen and oxygen atoms in total. The average molecular weight is 283 g/mol. The number of nitrogens with zero attached hydrogens (tertiary/aromatic N) is 2. The number of rotatable bonds is 4. The molecule has 0 saturated carbocycles. The monoisotopic (exact) mass is 283 g/mol. The topological polar surface area (TPSA) is 62.3 Å². The van der Waals surface area contributed by atoms with Crippen molar-refractivity contribution in [3.8, 4) is 11.4 Å². The van der Waals surface area contributed by atoms with Crippen LogP contribution in [-0.2, 0) is 11.3 Å². The van der Waals surface area contributed by atoms with Gasteiger partial charge in [0.2, 0.25) is 5.95 Å². The highest BCUT2D eigenvalue weighted by Gasteiger charge is 2.13. The Morgan fingerprint density at radius 2 is 1.95 bits per heavy atom. The van der Waals surface area contributed by atoms with Gasteiger partial charge in [0.25, 0.3) is 0 Å². The minimum atomic E-state index is 0.434. The van der Waals surface area contributed by atoms with E-state index in [1.54, 1.807) is 14.2 Å². The molecule has 5 heteroatoms. The van der Waals surface area contributed by atoms with Crippen molar-refractivity contribution in [1.29, 1.82) is 0 Å². The van der Waals surface area contributed by atoms with Crippen molar-refractivity contribution in [2.45, 2.75) is 6.61 Å². The first-order valence-electron chi connectivity index (χ1n) is 6.63. The second kappa shape index (κ2) is 5.46. The van der Waals surface area contributed by atoms with Gasteiger partial charge in [-0.05, 0) is 29.8 Å². The molecule has 0 aliphatic rings. The van der Waals surface area contributed by atoms with Gasteiger partial charge in [0, 0.05) is 12.8 Å². The van der Waals surface area contributed by atoms with Gasteiger partial charge >= 0.3 is 0 Å². The van der Waals surface area contributed by atoms with Crippen LogP contribution in [0.3, 0.4) is 0 Å². The standard InChI is InChI=1S/C16H17N3O2/c1-20-10-11-5-3-6-12(9-11)19-13-7-4-8-14(21-2)15(13)18-16(19)17/h3-9H,10H2,1-2H3,(H2,17,18). The maximum absolute atomic E-state index is 6.10. The molecule has 2 N–H and O–H groups in total. The smallest absolute Gasteiger partial charge is 0.206 e. The van der Waals surface area contributed by atoms with Gasteiger partial charge in [0.15, 0.2) is 0 Å². The zero-order chi connectivity index (χ0) is 14.8. The Bertz CT molecular complexity index is 780. The molecule has 0 spiro atoms. The van der Waals surface area contributed by atoms with Gasteiger partial charge < -0.3 is 15.2 Å². The fourth-order valence-electron chi connectivity index (χ4n) is 2.48. The first-order valence-corrected chi connectivity index (χ1v) is 6.63. The van der Waals surface area contributed by atoms with Crippen molar-refractivity contribution in [3.05, 3.63) is 48.0 Å². The quantitative estimate of drug-likeness (QED) is 0.799. The van der Waals surface area contributed by atoms with E-state index in [0.717, 1.165) is 22.3 Å². The van der Waals surface area contributed by atoms with Crippen LogP contribution in [0.1, 0.15) is 5.56 Å². The first kappa shape index (κ1) is 13.5. The highest BCUT2D eigenvalue weighted by atomic mass is 16.5. The van der Waals surface area contributed by atoms with Crippen LogP contribution in [0.2, 0.25) is 0 Å². The summed E-state index contributed by atoms with van der Waals surface area (Å²) in [7, 11) is 3.31. The number of nitrogen functional groups attached to an aromatic ring is 1. The van der Waals surface area contributed by atoms with Crippen LogP contribution in [0.25, 0.3) is 16.7 Å². The van der Waals surface area contributed by atoms with E-state index in [2.05, 4.69) is 4.98 Å². The molecule has 108 valence electrons.